The number of nitrogens with one attached hydrogen (secondary N) is 1. The summed E-state index contributed by atoms with van der Waals surface area (Å²) in [5.41, 5.74) is 7.57. The Morgan fingerprint density at radius 2 is 2.00 bits per heavy atom. The zero-order chi connectivity index (χ0) is 9.26. The van der Waals surface area contributed by atoms with E-state index in [4.69, 9.17) is 18.0 Å². The highest BCUT2D eigenvalue weighted by Crippen LogP contribution is 2.13. The zero-order valence-corrected chi connectivity index (χ0v) is 7.77. The SMILES string of the molecule is NC(=S)c1cc[nH+]c2ccccc12. The largest absolute Gasteiger partial charge is 0.389 e. The molecule has 0 amide bonds. The Kier molecular flexibility index (Phi) is 1.94. The average Bonchev–Trinajstić information content (AvgIpc) is 2.17. The summed E-state index contributed by atoms with van der Waals surface area (Å²) >= 11 is 4.95. The molecule has 13 heavy (non-hydrogen) atoms. The van der Waals surface area contributed by atoms with E-state index in [9.17, 15) is 0 Å². The Morgan fingerprint density at radius 3 is 2.77 bits per heavy atom. The number of aromatic amines is 1. The lowest BCUT2D eigenvalue weighted by molar-refractivity contribution is -0.344. The number of aromatic nitrogens is 1. The summed E-state index contributed by atoms with van der Waals surface area (Å²) in [5, 5.41) is 1.07. The molecule has 64 valence electrons. The van der Waals surface area contributed by atoms with Gasteiger partial charge in [-0.1, -0.05) is 24.4 Å². The monoisotopic (exact) mass is 189 g/mol. The molecule has 3 heteroatoms. The van der Waals surface area contributed by atoms with E-state index >= 15 is 0 Å². The van der Waals surface area contributed by atoms with Crippen LogP contribution < -0.4 is 10.7 Å². The van der Waals surface area contributed by atoms with Crippen LogP contribution in [0.1, 0.15) is 5.56 Å². The molecule has 2 rings (SSSR count). The average molecular weight is 189 g/mol. The second-order valence-corrected chi connectivity index (χ2v) is 3.24. The fraction of sp³-hybridized carbons (Fsp3) is 0. The first-order chi connectivity index (χ1) is 6.29. The molecule has 2 nitrogen and oxygen atoms in total. The summed E-state index contributed by atoms with van der Waals surface area (Å²) in [6.45, 7) is 0. The van der Waals surface area contributed by atoms with E-state index in [0.717, 1.165) is 16.5 Å². The Labute approximate surface area is 81.4 Å². The first-order valence-electron chi connectivity index (χ1n) is 3.98. The quantitative estimate of drug-likeness (QED) is 0.687. The molecule has 0 radical (unpaired) electrons. The number of para-hydroxylation sites is 1. The summed E-state index contributed by atoms with van der Waals surface area (Å²) in [6.07, 6.45) is 1.84. The van der Waals surface area contributed by atoms with Gasteiger partial charge in [-0.15, -0.1) is 0 Å². The van der Waals surface area contributed by atoms with E-state index in [2.05, 4.69) is 4.98 Å². The number of pyridine rings is 1. The minimum absolute atomic E-state index is 0.435. The van der Waals surface area contributed by atoms with Gasteiger partial charge in [0.25, 0.3) is 0 Å². The van der Waals surface area contributed by atoms with Crippen molar-refractivity contribution < 1.29 is 4.98 Å². The molecule has 0 aliphatic carbocycles. The third-order valence-corrected chi connectivity index (χ3v) is 2.19. The van der Waals surface area contributed by atoms with Crippen LogP contribution in [0.5, 0.6) is 0 Å². The topological polar surface area (TPSA) is 40.2 Å². The molecule has 0 spiro atoms. The molecule has 0 saturated carbocycles. The zero-order valence-electron chi connectivity index (χ0n) is 6.95. The number of H-pyrrole nitrogens is 1. The lowest BCUT2D eigenvalue weighted by atomic mass is 10.1. The maximum atomic E-state index is 5.60. The number of benzene rings is 1. The fourth-order valence-corrected chi connectivity index (χ4v) is 1.54. The molecule has 1 aromatic heterocycles. The number of fused-ring (bicyclic) bond motifs is 1. The van der Waals surface area contributed by atoms with Crippen molar-refractivity contribution in [1.29, 1.82) is 0 Å². The number of hydrogen-bond acceptors (Lipinski definition) is 1. The van der Waals surface area contributed by atoms with Crippen LogP contribution in [0.3, 0.4) is 0 Å². The van der Waals surface area contributed by atoms with Crippen molar-refractivity contribution in [3.8, 4) is 0 Å². The van der Waals surface area contributed by atoms with E-state index in [1.807, 2.05) is 36.5 Å². The van der Waals surface area contributed by atoms with Crippen molar-refractivity contribution in [3.05, 3.63) is 42.1 Å². The summed E-state index contributed by atoms with van der Waals surface area (Å²) < 4.78 is 0. The lowest BCUT2D eigenvalue weighted by Gasteiger charge is -1.98. The van der Waals surface area contributed by atoms with Gasteiger partial charge < -0.3 is 5.73 Å². The van der Waals surface area contributed by atoms with Crippen LogP contribution in [-0.4, -0.2) is 4.99 Å². The standard InChI is InChI=1S/C10H8N2S/c11-10(13)8-5-6-12-9-4-2-1-3-7(8)9/h1-6H,(H2,11,13)/p+1. The molecule has 0 aliphatic rings. The first-order valence-corrected chi connectivity index (χ1v) is 4.39. The minimum atomic E-state index is 0.435. The van der Waals surface area contributed by atoms with Gasteiger partial charge in [-0.2, -0.15) is 0 Å². The first kappa shape index (κ1) is 8.13. The van der Waals surface area contributed by atoms with Crippen LogP contribution in [0.2, 0.25) is 0 Å². The third-order valence-electron chi connectivity index (χ3n) is 1.97. The minimum Gasteiger partial charge on any atom is -0.389 e. The van der Waals surface area contributed by atoms with E-state index in [1.165, 1.54) is 0 Å². The van der Waals surface area contributed by atoms with Crippen LogP contribution in [0, 0.1) is 0 Å². The molecule has 3 N–H and O–H groups in total. The normalized spacial score (nSPS) is 10.2. The van der Waals surface area contributed by atoms with Crippen molar-refractivity contribution in [2.24, 2.45) is 5.73 Å². The van der Waals surface area contributed by atoms with Gasteiger partial charge in [-0.3, -0.25) is 0 Å². The fourth-order valence-electron chi connectivity index (χ4n) is 1.36. The molecule has 0 atom stereocenters. The highest BCUT2D eigenvalue weighted by molar-refractivity contribution is 7.80. The van der Waals surface area contributed by atoms with Crippen LogP contribution >= 0.6 is 12.2 Å². The lowest BCUT2D eigenvalue weighted by Crippen LogP contribution is -2.13. The maximum absolute atomic E-state index is 5.60. The van der Waals surface area contributed by atoms with Gasteiger partial charge >= 0.3 is 0 Å². The molecule has 0 bridgehead atoms. The molecule has 1 aromatic carbocycles. The van der Waals surface area contributed by atoms with Crippen LogP contribution in [0.25, 0.3) is 10.9 Å². The highest BCUT2D eigenvalue weighted by Gasteiger charge is 2.06. The number of rotatable bonds is 1. The molecular weight excluding hydrogens is 180 g/mol. The van der Waals surface area contributed by atoms with Crippen molar-refractivity contribution in [2.45, 2.75) is 0 Å². The maximum Gasteiger partial charge on any atom is 0.211 e. The molecule has 1 heterocycles. The predicted molar refractivity (Wildman–Crippen MR) is 56.4 cm³/mol. The second-order valence-electron chi connectivity index (χ2n) is 2.80. The smallest absolute Gasteiger partial charge is 0.211 e. The molecule has 0 aliphatic heterocycles. The van der Waals surface area contributed by atoms with E-state index in [1.54, 1.807) is 0 Å². The van der Waals surface area contributed by atoms with Gasteiger partial charge in [-0.05, 0) is 6.07 Å². The van der Waals surface area contributed by atoms with Gasteiger partial charge in [0, 0.05) is 17.7 Å². The van der Waals surface area contributed by atoms with E-state index < -0.39 is 0 Å². The Hall–Kier alpha value is -1.48. The summed E-state index contributed by atoms with van der Waals surface area (Å²) in [4.78, 5) is 3.57. The molecule has 2 aromatic rings. The number of thiocarbonyl (C=S) groups is 1. The molecular formula is C10H9N2S+. The number of hydrogen-bond donors (Lipinski definition) is 1. The third kappa shape index (κ3) is 1.38. The Morgan fingerprint density at radius 1 is 1.23 bits per heavy atom. The molecule has 0 unspecified atom stereocenters. The van der Waals surface area contributed by atoms with E-state index in [-0.39, 0.29) is 0 Å². The second kappa shape index (κ2) is 3.11. The van der Waals surface area contributed by atoms with Crippen molar-refractivity contribution >= 4 is 28.1 Å². The van der Waals surface area contributed by atoms with Gasteiger partial charge in [0.15, 0.2) is 6.20 Å². The Bertz CT molecular complexity index is 460. The summed E-state index contributed by atoms with van der Waals surface area (Å²) in [7, 11) is 0. The highest BCUT2D eigenvalue weighted by atomic mass is 32.1. The number of nitrogens with two attached hydrogens (primary N) is 1. The van der Waals surface area contributed by atoms with Crippen LogP contribution in [0.15, 0.2) is 36.5 Å². The van der Waals surface area contributed by atoms with Crippen LogP contribution in [0.4, 0.5) is 0 Å². The van der Waals surface area contributed by atoms with Gasteiger partial charge in [0.05, 0.1) is 5.39 Å². The van der Waals surface area contributed by atoms with Crippen LogP contribution in [-0.2, 0) is 0 Å². The van der Waals surface area contributed by atoms with Gasteiger partial charge in [-0.25, -0.2) is 4.98 Å². The summed E-state index contributed by atoms with van der Waals surface area (Å²) in [5.74, 6) is 0. The van der Waals surface area contributed by atoms with Gasteiger partial charge in [0.1, 0.15) is 4.99 Å². The molecule has 0 fully saturated rings. The Balaban J connectivity index is 2.83. The molecule has 0 saturated heterocycles. The van der Waals surface area contributed by atoms with Crippen molar-refractivity contribution in [2.75, 3.05) is 0 Å². The van der Waals surface area contributed by atoms with E-state index in [0.29, 0.717) is 4.99 Å². The van der Waals surface area contributed by atoms with Gasteiger partial charge in [0.2, 0.25) is 5.52 Å². The van der Waals surface area contributed by atoms with Crippen molar-refractivity contribution in [3.63, 3.8) is 0 Å². The predicted octanol–water partition coefficient (Wildman–Crippen LogP) is 1.29. The summed E-state index contributed by atoms with van der Waals surface area (Å²) in [6, 6.07) is 9.84. The van der Waals surface area contributed by atoms with Crippen molar-refractivity contribution in [1.82, 2.24) is 0 Å².